The van der Waals surface area contributed by atoms with E-state index in [4.69, 9.17) is 4.42 Å². The maximum atomic E-state index is 13.0. The summed E-state index contributed by atoms with van der Waals surface area (Å²) in [5.74, 6) is -0.132. The molecule has 0 saturated carbocycles. The molecule has 18 heavy (non-hydrogen) atoms. The quantitative estimate of drug-likeness (QED) is 0.842. The zero-order valence-corrected chi connectivity index (χ0v) is 9.81. The van der Waals surface area contributed by atoms with Gasteiger partial charge in [-0.3, -0.25) is 4.79 Å². The van der Waals surface area contributed by atoms with Gasteiger partial charge in [-0.15, -0.1) is 0 Å². The smallest absolute Gasteiger partial charge is 0.248 e. The number of carbonyl (C=O) groups excluding carboxylic acids is 1. The number of amides is 1. The van der Waals surface area contributed by atoms with Crippen LogP contribution >= 0.6 is 0 Å². The molecule has 0 fully saturated rings. The number of carbonyl (C=O) groups is 1. The monoisotopic (exact) mass is 245 g/mol. The van der Waals surface area contributed by atoms with Crippen molar-refractivity contribution in [2.45, 2.75) is 6.92 Å². The van der Waals surface area contributed by atoms with E-state index in [0.29, 0.717) is 11.4 Å². The first-order valence-corrected chi connectivity index (χ1v) is 5.44. The van der Waals surface area contributed by atoms with Gasteiger partial charge in [0.25, 0.3) is 0 Å². The lowest BCUT2D eigenvalue weighted by molar-refractivity contribution is -0.111. The summed E-state index contributed by atoms with van der Waals surface area (Å²) >= 11 is 0. The molecule has 0 saturated heterocycles. The Balaban J connectivity index is 2.05. The lowest BCUT2D eigenvalue weighted by atomic mass is 10.2. The van der Waals surface area contributed by atoms with Crippen LogP contribution in [0.3, 0.4) is 0 Å². The Morgan fingerprint density at radius 2 is 2.22 bits per heavy atom. The fourth-order valence-electron chi connectivity index (χ4n) is 1.45. The summed E-state index contributed by atoms with van der Waals surface area (Å²) in [7, 11) is 0. The molecule has 0 aliphatic heterocycles. The van der Waals surface area contributed by atoms with Gasteiger partial charge in [-0.1, -0.05) is 6.07 Å². The molecule has 0 bridgehead atoms. The van der Waals surface area contributed by atoms with Crippen molar-refractivity contribution in [1.29, 1.82) is 0 Å². The van der Waals surface area contributed by atoms with Gasteiger partial charge in [0.2, 0.25) is 5.91 Å². The van der Waals surface area contributed by atoms with Crippen LogP contribution in [0.1, 0.15) is 11.3 Å². The number of halogens is 1. The molecule has 0 radical (unpaired) electrons. The van der Waals surface area contributed by atoms with E-state index in [1.165, 1.54) is 24.5 Å². The van der Waals surface area contributed by atoms with Crippen LogP contribution < -0.4 is 5.32 Å². The van der Waals surface area contributed by atoms with Gasteiger partial charge >= 0.3 is 0 Å². The highest BCUT2D eigenvalue weighted by Crippen LogP contribution is 2.16. The molecule has 1 aromatic carbocycles. The van der Waals surface area contributed by atoms with Crippen LogP contribution in [0.25, 0.3) is 6.08 Å². The summed E-state index contributed by atoms with van der Waals surface area (Å²) in [6.07, 6.45) is 4.40. The molecule has 0 aliphatic carbocycles. The van der Waals surface area contributed by atoms with Crippen LogP contribution in [0.4, 0.5) is 10.1 Å². The van der Waals surface area contributed by atoms with Crippen LogP contribution in [-0.2, 0) is 4.79 Å². The molecule has 4 heteroatoms. The highest BCUT2D eigenvalue weighted by molar-refractivity contribution is 6.02. The normalized spacial score (nSPS) is 10.8. The number of rotatable bonds is 3. The lowest BCUT2D eigenvalue weighted by Gasteiger charge is -2.05. The summed E-state index contributed by atoms with van der Waals surface area (Å²) < 4.78 is 18.1. The minimum atomic E-state index is -0.383. The molecule has 1 heterocycles. The van der Waals surface area contributed by atoms with Gasteiger partial charge in [0.1, 0.15) is 11.6 Å². The van der Waals surface area contributed by atoms with Crippen molar-refractivity contribution in [2.24, 2.45) is 0 Å². The highest BCUT2D eigenvalue weighted by atomic mass is 19.1. The third kappa shape index (κ3) is 3.07. The van der Waals surface area contributed by atoms with Gasteiger partial charge in [0.05, 0.1) is 6.26 Å². The van der Waals surface area contributed by atoms with Crippen molar-refractivity contribution >= 4 is 17.7 Å². The van der Waals surface area contributed by atoms with Crippen molar-refractivity contribution in [3.05, 3.63) is 59.8 Å². The molecule has 0 unspecified atom stereocenters. The number of nitrogens with one attached hydrogen (secondary N) is 1. The number of hydrogen-bond donors (Lipinski definition) is 1. The SMILES string of the molecule is Cc1ccc(F)cc1NC(=O)C=Cc1ccco1. The molecule has 1 aromatic heterocycles. The second-order valence-corrected chi connectivity index (χ2v) is 3.80. The Kier molecular flexibility index (Phi) is 3.57. The topological polar surface area (TPSA) is 42.2 Å². The Labute approximate surface area is 104 Å². The Morgan fingerprint density at radius 3 is 2.94 bits per heavy atom. The number of hydrogen-bond acceptors (Lipinski definition) is 2. The van der Waals surface area contributed by atoms with E-state index < -0.39 is 0 Å². The molecule has 1 N–H and O–H groups in total. The van der Waals surface area contributed by atoms with E-state index in [1.54, 1.807) is 31.2 Å². The largest absolute Gasteiger partial charge is 0.465 e. The summed E-state index contributed by atoms with van der Waals surface area (Å²) in [5.41, 5.74) is 1.26. The summed E-state index contributed by atoms with van der Waals surface area (Å²) in [5, 5.41) is 2.61. The average Bonchev–Trinajstić information content (AvgIpc) is 2.84. The number of benzene rings is 1. The van der Waals surface area contributed by atoms with E-state index in [1.807, 2.05) is 0 Å². The molecule has 0 aliphatic rings. The first-order chi connectivity index (χ1) is 8.65. The molecular formula is C14H12FNO2. The van der Waals surface area contributed by atoms with Gasteiger partial charge in [0.15, 0.2) is 0 Å². The number of anilines is 1. The molecule has 92 valence electrons. The van der Waals surface area contributed by atoms with Gasteiger partial charge in [-0.2, -0.15) is 0 Å². The minimum absolute atomic E-state index is 0.333. The first kappa shape index (κ1) is 12.1. The number of aryl methyl sites for hydroxylation is 1. The standard InChI is InChI=1S/C14H12FNO2/c1-10-4-5-11(15)9-13(10)16-14(17)7-6-12-3-2-8-18-12/h2-9H,1H3,(H,16,17). The second-order valence-electron chi connectivity index (χ2n) is 3.80. The van der Waals surface area contributed by atoms with Crippen molar-refractivity contribution < 1.29 is 13.6 Å². The summed E-state index contributed by atoms with van der Waals surface area (Å²) in [6.45, 7) is 1.80. The minimum Gasteiger partial charge on any atom is -0.465 e. The number of furan rings is 1. The molecule has 2 aromatic rings. The van der Waals surface area contributed by atoms with Gasteiger partial charge in [0, 0.05) is 11.8 Å². The predicted molar refractivity (Wildman–Crippen MR) is 67.5 cm³/mol. The highest BCUT2D eigenvalue weighted by Gasteiger charge is 2.03. The molecular weight excluding hydrogens is 233 g/mol. The maximum absolute atomic E-state index is 13.0. The van der Waals surface area contributed by atoms with E-state index in [9.17, 15) is 9.18 Å². The molecule has 0 atom stereocenters. The Morgan fingerprint density at radius 1 is 1.39 bits per heavy atom. The van der Waals surface area contributed by atoms with Gasteiger partial charge in [-0.25, -0.2) is 4.39 Å². The fourth-order valence-corrected chi connectivity index (χ4v) is 1.45. The third-order valence-electron chi connectivity index (χ3n) is 2.40. The van der Waals surface area contributed by atoms with Crippen LogP contribution in [0.15, 0.2) is 47.1 Å². The Hall–Kier alpha value is -2.36. The van der Waals surface area contributed by atoms with Crippen LogP contribution in [0.5, 0.6) is 0 Å². The van der Waals surface area contributed by atoms with E-state index in [0.717, 1.165) is 5.56 Å². The first-order valence-electron chi connectivity index (χ1n) is 5.44. The van der Waals surface area contributed by atoms with Crippen molar-refractivity contribution in [1.82, 2.24) is 0 Å². The van der Waals surface area contributed by atoms with E-state index in [-0.39, 0.29) is 11.7 Å². The van der Waals surface area contributed by atoms with Crippen LogP contribution in [-0.4, -0.2) is 5.91 Å². The van der Waals surface area contributed by atoms with Gasteiger partial charge in [-0.05, 0) is 42.8 Å². The van der Waals surface area contributed by atoms with E-state index in [2.05, 4.69) is 5.32 Å². The summed E-state index contributed by atoms with van der Waals surface area (Å²) in [4.78, 5) is 11.6. The Bertz CT molecular complexity index is 573. The van der Waals surface area contributed by atoms with Gasteiger partial charge < -0.3 is 9.73 Å². The molecule has 1 amide bonds. The molecule has 3 nitrogen and oxygen atoms in total. The maximum Gasteiger partial charge on any atom is 0.248 e. The molecule has 0 spiro atoms. The van der Waals surface area contributed by atoms with Crippen molar-refractivity contribution in [2.75, 3.05) is 5.32 Å². The van der Waals surface area contributed by atoms with Crippen LogP contribution in [0, 0.1) is 12.7 Å². The second kappa shape index (κ2) is 5.31. The van der Waals surface area contributed by atoms with Crippen molar-refractivity contribution in [3.8, 4) is 0 Å². The van der Waals surface area contributed by atoms with E-state index >= 15 is 0 Å². The van der Waals surface area contributed by atoms with Crippen LogP contribution in [0.2, 0.25) is 0 Å². The lowest BCUT2D eigenvalue weighted by Crippen LogP contribution is -2.09. The molecule has 2 rings (SSSR count). The summed E-state index contributed by atoms with van der Waals surface area (Å²) in [6, 6.07) is 7.71. The third-order valence-corrected chi connectivity index (χ3v) is 2.40. The zero-order valence-electron chi connectivity index (χ0n) is 9.81. The average molecular weight is 245 g/mol. The predicted octanol–water partition coefficient (Wildman–Crippen LogP) is 3.38. The zero-order chi connectivity index (χ0) is 13.0. The van der Waals surface area contributed by atoms with Crippen molar-refractivity contribution in [3.63, 3.8) is 0 Å². The fraction of sp³-hybridized carbons (Fsp3) is 0.0714.